The van der Waals surface area contributed by atoms with Crippen molar-refractivity contribution in [1.82, 2.24) is 5.01 Å². The first-order valence-corrected chi connectivity index (χ1v) is 6.07. The summed E-state index contributed by atoms with van der Waals surface area (Å²) in [5.41, 5.74) is -0.670. The maximum absolute atomic E-state index is 12.7. The predicted octanol–water partition coefficient (Wildman–Crippen LogP) is 2.51. The van der Waals surface area contributed by atoms with Crippen LogP contribution in [0.15, 0.2) is 24.3 Å². The van der Waals surface area contributed by atoms with Gasteiger partial charge in [-0.3, -0.25) is 5.84 Å². The second kappa shape index (κ2) is 6.71. The zero-order valence-electron chi connectivity index (χ0n) is 11.3. The minimum atomic E-state index is -4.47. The molecule has 4 nitrogen and oxygen atoms in total. The minimum Gasteiger partial charge on any atom is -0.468 e. The van der Waals surface area contributed by atoms with Crippen LogP contribution in [0.25, 0.3) is 0 Å². The van der Waals surface area contributed by atoms with Gasteiger partial charge in [0.1, 0.15) is 6.04 Å². The summed E-state index contributed by atoms with van der Waals surface area (Å²) in [5, 5.41) is 1.18. The smallest absolute Gasteiger partial charge is 0.416 e. The van der Waals surface area contributed by atoms with E-state index in [1.807, 2.05) is 6.92 Å². The second-order valence-corrected chi connectivity index (χ2v) is 4.29. The van der Waals surface area contributed by atoms with E-state index in [4.69, 9.17) is 5.84 Å². The lowest BCUT2D eigenvalue weighted by molar-refractivity contribution is -0.148. The summed E-state index contributed by atoms with van der Waals surface area (Å²) >= 11 is 0. The Bertz CT molecular complexity index is 463. The zero-order valence-corrected chi connectivity index (χ0v) is 11.3. The fraction of sp³-hybridized carbons (Fsp3) is 0.462. The fourth-order valence-corrected chi connectivity index (χ4v) is 1.85. The quantitative estimate of drug-likeness (QED) is 0.514. The molecule has 0 heterocycles. The average Bonchev–Trinajstić information content (AvgIpc) is 2.38. The second-order valence-electron chi connectivity index (χ2n) is 4.29. The van der Waals surface area contributed by atoms with Crippen molar-refractivity contribution in [3.63, 3.8) is 0 Å². The van der Waals surface area contributed by atoms with Gasteiger partial charge < -0.3 is 4.74 Å². The third-order valence-corrected chi connectivity index (χ3v) is 2.77. The summed E-state index contributed by atoms with van der Waals surface area (Å²) in [6.45, 7) is 2.20. The third-order valence-electron chi connectivity index (χ3n) is 2.77. The monoisotopic (exact) mass is 290 g/mol. The maximum Gasteiger partial charge on any atom is 0.416 e. The van der Waals surface area contributed by atoms with Gasteiger partial charge in [0, 0.05) is 6.54 Å². The number of hydrazine groups is 1. The molecule has 0 fully saturated rings. The van der Waals surface area contributed by atoms with Gasteiger partial charge in [0.2, 0.25) is 0 Å². The molecule has 0 saturated carbocycles. The number of hydrogen-bond donors (Lipinski definition) is 1. The highest BCUT2D eigenvalue weighted by Gasteiger charge is 2.33. The number of carbonyl (C=O) groups is 1. The van der Waals surface area contributed by atoms with E-state index >= 15 is 0 Å². The van der Waals surface area contributed by atoms with Gasteiger partial charge in [-0.05, 0) is 24.1 Å². The van der Waals surface area contributed by atoms with Crippen LogP contribution in [0.2, 0.25) is 0 Å². The van der Waals surface area contributed by atoms with E-state index in [0.717, 1.165) is 12.1 Å². The molecule has 0 spiro atoms. The highest BCUT2D eigenvalue weighted by Crippen LogP contribution is 2.31. The van der Waals surface area contributed by atoms with Crippen LogP contribution >= 0.6 is 0 Å². The van der Waals surface area contributed by atoms with E-state index in [-0.39, 0.29) is 5.56 Å². The van der Waals surface area contributed by atoms with Crippen molar-refractivity contribution in [2.45, 2.75) is 25.6 Å². The Morgan fingerprint density at radius 3 is 2.60 bits per heavy atom. The van der Waals surface area contributed by atoms with Crippen LogP contribution in [0.5, 0.6) is 0 Å². The van der Waals surface area contributed by atoms with E-state index < -0.39 is 23.8 Å². The molecule has 0 bridgehead atoms. The average molecular weight is 290 g/mol. The first-order chi connectivity index (χ1) is 9.31. The molecule has 0 aliphatic carbocycles. The van der Waals surface area contributed by atoms with Crippen LogP contribution < -0.4 is 5.84 Å². The van der Waals surface area contributed by atoms with Gasteiger partial charge in [0.15, 0.2) is 0 Å². The van der Waals surface area contributed by atoms with Crippen LogP contribution in [0, 0.1) is 0 Å². The van der Waals surface area contributed by atoms with Gasteiger partial charge in [-0.15, -0.1) is 0 Å². The van der Waals surface area contributed by atoms with Gasteiger partial charge in [0.05, 0.1) is 12.7 Å². The van der Waals surface area contributed by atoms with Crippen LogP contribution in [0.3, 0.4) is 0 Å². The van der Waals surface area contributed by atoms with Gasteiger partial charge in [-0.25, -0.2) is 9.80 Å². The largest absolute Gasteiger partial charge is 0.468 e. The van der Waals surface area contributed by atoms with Crippen LogP contribution in [-0.2, 0) is 15.7 Å². The number of benzene rings is 1. The number of carbonyl (C=O) groups excluding carboxylic acids is 1. The van der Waals surface area contributed by atoms with Crippen molar-refractivity contribution < 1.29 is 22.7 Å². The van der Waals surface area contributed by atoms with Crippen molar-refractivity contribution in [2.24, 2.45) is 5.84 Å². The molecule has 1 atom stereocenters. The first kappa shape index (κ1) is 16.5. The lowest BCUT2D eigenvalue weighted by Gasteiger charge is -2.25. The van der Waals surface area contributed by atoms with E-state index in [1.54, 1.807) is 0 Å². The molecular formula is C13H17F3N2O2. The van der Waals surface area contributed by atoms with E-state index in [0.29, 0.717) is 13.0 Å². The number of ether oxygens (including phenoxy) is 1. The van der Waals surface area contributed by atoms with Crippen molar-refractivity contribution in [1.29, 1.82) is 0 Å². The van der Waals surface area contributed by atoms with Gasteiger partial charge in [-0.1, -0.05) is 19.1 Å². The molecule has 0 saturated heterocycles. The lowest BCUT2D eigenvalue weighted by atomic mass is 10.0. The number of methoxy groups -OCH3 is 1. The number of esters is 1. The highest BCUT2D eigenvalue weighted by atomic mass is 19.4. The Balaban J connectivity index is 3.17. The molecule has 0 radical (unpaired) electrons. The summed E-state index contributed by atoms with van der Waals surface area (Å²) < 4.78 is 42.7. The lowest BCUT2D eigenvalue weighted by Crippen LogP contribution is -2.40. The summed E-state index contributed by atoms with van der Waals surface area (Å²) in [7, 11) is 1.17. The topological polar surface area (TPSA) is 55.6 Å². The Kier molecular flexibility index (Phi) is 5.52. The molecule has 7 heteroatoms. The number of rotatable bonds is 5. The molecule has 0 aromatic heterocycles. The third kappa shape index (κ3) is 3.94. The Morgan fingerprint density at radius 1 is 1.45 bits per heavy atom. The Hall–Kier alpha value is -1.60. The van der Waals surface area contributed by atoms with E-state index in [2.05, 4.69) is 4.74 Å². The van der Waals surface area contributed by atoms with Gasteiger partial charge >= 0.3 is 12.1 Å². The zero-order chi connectivity index (χ0) is 15.3. The van der Waals surface area contributed by atoms with E-state index in [9.17, 15) is 18.0 Å². The van der Waals surface area contributed by atoms with Crippen molar-refractivity contribution >= 4 is 5.97 Å². The molecule has 1 aromatic carbocycles. The molecule has 20 heavy (non-hydrogen) atoms. The number of nitrogens with two attached hydrogens (primary N) is 1. The van der Waals surface area contributed by atoms with Crippen molar-refractivity contribution in [3.8, 4) is 0 Å². The van der Waals surface area contributed by atoms with Gasteiger partial charge in [-0.2, -0.15) is 13.2 Å². The molecular weight excluding hydrogens is 273 g/mol. The fourth-order valence-electron chi connectivity index (χ4n) is 1.85. The predicted molar refractivity (Wildman–Crippen MR) is 67.4 cm³/mol. The SMILES string of the molecule is CCCN(N)C(C(=O)OC)c1cccc(C(F)(F)F)c1. The number of halogens is 3. The molecule has 2 N–H and O–H groups in total. The highest BCUT2D eigenvalue weighted by molar-refractivity contribution is 5.77. The van der Waals surface area contributed by atoms with Crippen LogP contribution in [-0.4, -0.2) is 24.6 Å². The summed E-state index contributed by atoms with van der Waals surface area (Å²) in [6, 6.07) is 3.47. The minimum absolute atomic E-state index is 0.155. The number of alkyl halides is 3. The van der Waals surface area contributed by atoms with Crippen LogP contribution in [0.4, 0.5) is 13.2 Å². The first-order valence-electron chi connectivity index (χ1n) is 6.07. The van der Waals surface area contributed by atoms with Crippen LogP contribution in [0.1, 0.15) is 30.5 Å². The summed E-state index contributed by atoms with van der Waals surface area (Å²) in [4.78, 5) is 11.8. The normalized spacial score (nSPS) is 13.3. The van der Waals surface area contributed by atoms with E-state index in [1.165, 1.54) is 24.3 Å². The molecule has 112 valence electrons. The van der Waals surface area contributed by atoms with Crippen molar-refractivity contribution in [2.75, 3.05) is 13.7 Å². The number of hydrogen-bond acceptors (Lipinski definition) is 4. The molecule has 1 unspecified atom stereocenters. The Morgan fingerprint density at radius 2 is 2.10 bits per heavy atom. The molecule has 1 rings (SSSR count). The van der Waals surface area contributed by atoms with Gasteiger partial charge in [0.25, 0.3) is 0 Å². The molecule has 1 aromatic rings. The molecule has 0 aliphatic heterocycles. The number of nitrogens with zero attached hydrogens (tertiary/aromatic N) is 1. The summed E-state index contributed by atoms with van der Waals surface area (Å²) in [6.07, 6.45) is -3.82. The maximum atomic E-state index is 12.7. The van der Waals surface area contributed by atoms with Crippen molar-refractivity contribution in [3.05, 3.63) is 35.4 Å². The summed E-state index contributed by atoms with van der Waals surface area (Å²) in [5.74, 6) is 5.05. The standard InChI is InChI=1S/C13H17F3N2O2/c1-3-7-18(17)11(12(19)20-2)9-5-4-6-10(8-9)13(14,15)16/h4-6,8,11H,3,7,17H2,1-2H3. The molecule has 0 aliphatic rings. The Labute approximate surface area is 115 Å². The molecule has 0 amide bonds.